The van der Waals surface area contributed by atoms with Gasteiger partial charge in [0.15, 0.2) is 17.3 Å². The summed E-state index contributed by atoms with van der Waals surface area (Å²) in [5.41, 5.74) is -1.97. The molecule has 3 nitrogen and oxygen atoms in total. The number of hydrogen-bond donors (Lipinski definition) is 0. The average molecular weight is 451 g/mol. The molecule has 1 fully saturated rings. The van der Waals surface area contributed by atoms with Crippen molar-refractivity contribution in [1.29, 1.82) is 0 Å². The molecule has 2 aromatic carbocycles. The van der Waals surface area contributed by atoms with Crippen LogP contribution in [0.1, 0.15) is 50.3 Å². The van der Waals surface area contributed by atoms with Gasteiger partial charge in [-0.15, -0.1) is 0 Å². The van der Waals surface area contributed by atoms with Crippen LogP contribution >= 0.6 is 11.6 Å². The van der Waals surface area contributed by atoms with Gasteiger partial charge in [0.1, 0.15) is 5.92 Å². The Morgan fingerprint density at radius 2 is 1.32 bits per heavy atom. The van der Waals surface area contributed by atoms with E-state index in [9.17, 15) is 27.6 Å². The third-order valence-corrected chi connectivity index (χ3v) is 6.42. The zero-order valence-electron chi connectivity index (χ0n) is 17.8. The Kier molecular flexibility index (Phi) is 5.46. The summed E-state index contributed by atoms with van der Waals surface area (Å²) in [6.45, 7) is 7.75. The molecule has 3 rings (SSSR count). The number of carbonyl (C=O) groups excluding carboxylic acids is 3. The fourth-order valence-corrected chi connectivity index (χ4v) is 4.41. The van der Waals surface area contributed by atoms with Crippen LogP contribution in [0, 0.1) is 17.8 Å². The smallest absolute Gasteiger partial charge is 0.298 e. The normalized spacial score (nSPS) is 19.1. The maximum atomic E-state index is 13.3. The van der Waals surface area contributed by atoms with Gasteiger partial charge in [0.2, 0.25) is 0 Å². The van der Waals surface area contributed by atoms with Gasteiger partial charge in [0, 0.05) is 0 Å². The second-order valence-electron chi connectivity index (χ2n) is 9.00. The standard InChI is InChI=1S/C24H22ClF3O3/c1-12-6-7-13(14-8-9-17(25)16(11-14)24(26,27)28)10-15(12)18-19(29)22(2,3)21(31)23(4,5)20(18)30/h6-11,18H,1-5H3. The van der Waals surface area contributed by atoms with Crippen LogP contribution in [-0.2, 0) is 20.6 Å². The minimum Gasteiger partial charge on any atom is -0.298 e. The van der Waals surface area contributed by atoms with E-state index in [2.05, 4.69) is 0 Å². The van der Waals surface area contributed by atoms with E-state index in [0.29, 0.717) is 16.7 Å². The maximum absolute atomic E-state index is 13.3. The molecule has 0 aliphatic heterocycles. The van der Waals surface area contributed by atoms with Crippen LogP contribution in [-0.4, -0.2) is 17.3 Å². The van der Waals surface area contributed by atoms with Gasteiger partial charge in [0.05, 0.1) is 21.4 Å². The number of alkyl halides is 3. The zero-order chi connectivity index (χ0) is 23.5. The van der Waals surface area contributed by atoms with Crippen molar-refractivity contribution in [2.45, 2.75) is 46.7 Å². The summed E-state index contributed by atoms with van der Waals surface area (Å²) in [7, 11) is 0. The van der Waals surface area contributed by atoms with Crippen molar-refractivity contribution in [3.05, 3.63) is 58.1 Å². The quantitative estimate of drug-likeness (QED) is 0.512. The van der Waals surface area contributed by atoms with Gasteiger partial charge in [-0.25, -0.2) is 0 Å². The molecule has 2 aromatic rings. The molecule has 0 N–H and O–H groups in total. The molecule has 0 saturated heterocycles. The third kappa shape index (κ3) is 3.71. The van der Waals surface area contributed by atoms with Crippen molar-refractivity contribution >= 4 is 29.0 Å². The number of aryl methyl sites for hydroxylation is 1. The number of benzene rings is 2. The van der Waals surface area contributed by atoms with Crippen LogP contribution in [0.5, 0.6) is 0 Å². The highest BCUT2D eigenvalue weighted by Crippen LogP contribution is 2.46. The number of hydrogen-bond acceptors (Lipinski definition) is 3. The Morgan fingerprint density at radius 3 is 1.84 bits per heavy atom. The van der Waals surface area contributed by atoms with Crippen LogP contribution in [0.4, 0.5) is 13.2 Å². The first-order chi connectivity index (χ1) is 14.1. The summed E-state index contributed by atoms with van der Waals surface area (Å²) in [6, 6.07) is 8.40. The number of ketones is 3. The average Bonchev–Trinajstić information content (AvgIpc) is 2.67. The highest BCUT2D eigenvalue weighted by atomic mass is 35.5. The lowest BCUT2D eigenvalue weighted by Crippen LogP contribution is -2.56. The Bertz CT molecular complexity index is 1080. The van der Waals surface area contributed by atoms with E-state index < -0.39 is 50.9 Å². The molecule has 0 unspecified atom stereocenters. The molecule has 0 atom stereocenters. The Labute approximate surface area is 183 Å². The highest BCUT2D eigenvalue weighted by molar-refractivity contribution is 6.31. The first kappa shape index (κ1) is 23.2. The lowest BCUT2D eigenvalue weighted by atomic mass is 9.57. The van der Waals surface area contributed by atoms with E-state index in [-0.39, 0.29) is 5.56 Å². The summed E-state index contributed by atoms with van der Waals surface area (Å²) in [5.74, 6) is -2.62. The minimum absolute atomic E-state index is 0.253. The molecule has 7 heteroatoms. The Balaban J connectivity index is 2.18. The lowest BCUT2D eigenvalue weighted by molar-refractivity contribution is -0.157. The van der Waals surface area contributed by atoms with Crippen LogP contribution in [0.15, 0.2) is 36.4 Å². The second-order valence-corrected chi connectivity index (χ2v) is 9.41. The van der Waals surface area contributed by atoms with Crippen molar-refractivity contribution in [3.8, 4) is 11.1 Å². The fraction of sp³-hybridized carbons (Fsp3) is 0.375. The van der Waals surface area contributed by atoms with E-state index in [4.69, 9.17) is 11.6 Å². The van der Waals surface area contributed by atoms with Gasteiger partial charge in [-0.1, -0.05) is 29.8 Å². The molecule has 0 radical (unpaired) electrons. The van der Waals surface area contributed by atoms with Crippen LogP contribution in [0.25, 0.3) is 11.1 Å². The van der Waals surface area contributed by atoms with Gasteiger partial charge >= 0.3 is 6.18 Å². The molecule has 0 amide bonds. The topological polar surface area (TPSA) is 51.2 Å². The Hall–Kier alpha value is -2.47. The van der Waals surface area contributed by atoms with E-state index in [1.807, 2.05) is 0 Å². The highest BCUT2D eigenvalue weighted by Gasteiger charge is 2.58. The first-order valence-electron chi connectivity index (χ1n) is 9.71. The van der Waals surface area contributed by atoms with E-state index in [0.717, 1.165) is 6.07 Å². The predicted octanol–water partition coefficient (Wildman–Crippen LogP) is 6.19. The van der Waals surface area contributed by atoms with Crippen molar-refractivity contribution in [1.82, 2.24) is 0 Å². The molecule has 1 aliphatic carbocycles. The summed E-state index contributed by atoms with van der Waals surface area (Å²) in [4.78, 5) is 39.1. The number of rotatable bonds is 2. The molecule has 0 heterocycles. The SMILES string of the molecule is Cc1ccc(-c2ccc(Cl)c(C(F)(F)F)c2)cc1C1C(=O)C(C)(C)C(=O)C(C)(C)C1=O. The lowest BCUT2D eigenvalue weighted by Gasteiger charge is -2.41. The predicted molar refractivity (Wildman–Crippen MR) is 112 cm³/mol. The summed E-state index contributed by atoms with van der Waals surface area (Å²) < 4.78 is 39.8. The summed E-state index contributed by atoms with van der Waals surface area (Å²) >= 11 is 5.72. The van der Waals surface area contributed by atoms with Crippen LogP contribution in [0.3, 0.4) is 0 Å². The van der Waals surface area contributed by atoms with E-state index in [1.54, 1.807) is 25.1 Å². The van der Waals surface area contributed by atoms with Crippen molar-refractivity contribution in [2.24, 2.45) is 10.8 Å². The zero-order valence-corrected chi connectivity index (χ0v) is 18.5. The molecule has 1 aliphatic rings. The Morgan fingerprint density at radius 1 is 0.839 bits per heavy atom. The molecule has 1 saturated carbocycles. The second kappa shape index (κ2) is 7.30. The minimum atomic E-state index is -4.62. The van der Waals surface area contributed by atoms with Crippen molar-refractivity contribution in [2.75, 3.05) is 0 Å². The first-order valence-corrected chi connectivity index (χ1v) is 10.1. The molecule has 0 aromatic heterocycles. The molecule has 164 valence electrons. The van der Waals surface area contributed by atoms with Gasteiger partial charge in [-0.2, -0.15) is 13.2 Å². The summed E-state index contributed by atoms with van der Waals surface area (Å²) in [5, 5.41) is -0.414. The van der Waals surface area contributed by atoms with E-state index in [1.165, 1.54) is 39.8 Å². The summed E-state index contributed by atoms with van der Waals surface area (Å²) in [6.07, 6.45) is -4.62. The van der Waals surface area contributed by atoms with Crippen LogP contribution < -0.4 is 0 Å². The third-order valence-electron chi connectivity index (χ3n) is 6.09. The molecular weight excluding hydrogens is 429 g/mol. The molecule has 0 bridgehead atoms. The number of Topliss-reactive ketones (excluding diaryl/α,β-unsaturated/α-hetero) is 3. The van der Waals surface area contributed by atoms with Crippen molar-refractivity contribution in [3.63, 3.8) is 0 Å². The molecule has 31 heavy (non-hydrogen) atoms. The van der Waals surface area contributed by atoms with Gasteiger partial charge in [-0.3, -0.25) is 14.4 Å². The largest absolute Gasteiger partial charge is 0.417 e. The van der Waals surface area contributed by atoms with Gasteiger partial charge < -0.3 is 0 Å². The van der Waals surface area contributed by atoms with Gasteiger partial charge in [-0.05, 0) is 75.1 Å². The molecular formula is C24H22ClF3O3. The molecule has 0 spiro atoms. The maximum Gasteiger partial charge on any atom is 0.417 e. The van der Waals surface area contributed by atoms with Gasteiger partial charge in [0.25, 0.3) is 0 Å². The van der Waals surface area contributed by atoms with E-state index >= 15 is 0 Å². The van der Waals surface area contributed by atoms with Crippen LogP contribution in [0.2, 0.25) is 5.02 Å². The monoisotopic (exact) mass is 450 g/mol. The fourth-order valence-electron chi connectivity index (χ4n) is 4.18. The number of carbonyl (C=O) groups is 3. The number of halogens is 4. The van der Waals surface area contributed by atoms with Crippen molar-refractivity contribution < 1.29 is 27.6 Å².